The normalized spacial score (nSPS) is 10.6. The van der Waals surface area contributed by atoms with E-state index in [0.717, 1.165) is 27.6 Å². The summed E-state index contributed by atoms with van der Waals surface area (Å²) >= 11 is 5.23. The second kappa shape index (κ2) is 7.53. The van der Waals surface area contributed by atoms with Gasteiger partial charge in [0.1, 0.15) is 29.7 Å². The van der Waals surface area contributed by atoms with Crippen LogP contribution in [0.4, 0.5) is 0 Å². The molecule has 0 fully saturated rings. The topological polar surface area (TPSA) is 44.5 Å². The Morgan fingerprint density at radius 2 is 1.60 bits per heavy atom. The first-order valence-electron chi connectivity index (χ1n) is 8.20. The number of nitrogens with two attached hydrogens (primary N) is 1. The van der Waals surface area contributed by atoms with Crippen LogP contribution in [0, 0.1) is 13.8 Å². The molecule has 0 heterocycles. The van der Waals surface area contributed by atoms with Crippen molar-refractivity contribution in [2.24, 2.45) is 5.73 Å². The lowest BCUT2D eigenvalue weighted by Gasteiger charge is -2.14. The molecule has 3 nitrogen and oxygen atoms in total. The van der Waals surface area contributed by atoms with Crippen molar-refractivity contribution in [2.75, 3.05) is 13.2 Å². The van der Waals surface area contributed by atoms with Gasteiger partial charge in [0.2, 0.25) is 0 Å². The van der Waals surface area contributed by atoms with Crippen molar-refractivity contribution < 1.29 is 9.47 Å². The molecule has 0 saturated carbocycles. The van der Waals surface area contributed by atoms with Crippen LogP contribution in [0.5, 0.6) is 11.5 Å². The minimum atomic E-state index is 0.335. The van der Waals surface area contributed by atoms with Crippen LogP contribution < -0.4 is 15.2 Å². The number of ether oxygens (including phenoxy) is 2. The van der Waals surface area contributed by atoms with Crippen LogP contribution in [0.15, 0.2) is 54.6 Å². The molecule has 3 rings (SSSR count). The highest BCUT2D eigenvalue weighted by molar-refractivity contribution is 7.80. The van der Waals surface area contributed by atoms with E-state index < -0.39 is 0 Å². The number of benzene rings is 3. The number of thiocarbonyl (C=S) groups is 1. The molecule has 0 saturated heterocycles. The Labute approximate surface area is 153 Å². The Balaban J connectivity index is 1.71. The van der Waals surface area contributed by atoms with Crippen LogP contribution in [-0.4, -0.2) is 18.2 Å². The van der Waals surface area contributed by atoms with E-state index in [1.54, 1.807) is 0 Å². The molecule has 128 valence electrons. The van der Waals surface area contributed by atoms with Gasteiger partial charge in [0.15, 0.2) is 0 Å². The van der Waals surface area contributed by atoms with Gasteiger partial charge in [0, 0.05) is 0 Å². The molecule has 0 amide bonds. The van der Waals surface area contributed by atoms with Gasteiger partial charge < -0.3 is 15.2 Å². The average Bonchev–Trinajstić information content (AvgIpc) is 2.59. The number of aryl methyl sites for hydroxylation is 2. The van der Waals surface area contributed by atoms with Gasteiger partial charge in [-0.3, -0.25) is 0 Å². The van der Waals surface area contributed by atoms with E-state index >= 15 is 0 Å². The first-order chi connectivity index (χ1) is 12.1. The molecule has 0 aliphatic carbocycles. The summed E-state index contributed by atoms with van der Waals surface area (Å²) in [6, 6.07) is 18.0. The molecule has 3 aromatic carbocycles. The summed E-state index contributed by atoms with van der Waals surface area (Å²) in [5.74, 6) is 1.57. The van der Waals surface area contributed by atoms with Crippen LogP contribution in [0.25, 0.3) is 10.8 Å². The molecule has 0 spiro atoms. The summed E-state index contributed by atoms with van der Waals surface area (Å²) in [7, 11) is 0. The maximum Gasteiger partial charge on any atom is 0.130 e. The zero-order valence-electron chi connectivity index (χ0n) is 14.4. The summed E-state index contributed by atoms with van der Waals surface area (Å²) in [5.41, 5.74) is 9.05. The fourth-order valence-electron chi connectivity index (χ4n) is 2.89. The Bertz CT molecular complexity index is 921. The second-order valence-electron chi connectivity index (χ2n) is 5.99. The van der Waals surface area contributed by atoms with Crippen LogP contribution >= 0.6 is 12.2 Å². The van der Waals surface area contributed by atoms with Crippen molar-refractivity contribution >= 4 is 28.0 Å². The largest absolute Gasteiger partial charge is 0.490 e. The molecule has 0 bridgehead atoms. The van der Waals surface area contributed by atoms with E-state index in [4.69, 9.17) is 27.4 Å². The van der Waals surface area contributed by atoms with Gasteiger partial charge >= 0.3 is 0 Å². The lowest BCUT2D eigenvalue weighted by atomic mass is 10.0. The Hall–Kier alpha value is -2.59. The third-order valence-electron chi connectivity index (χ3n) is 4.07. The van der Waals surface area contributed by atoms with E-state index in [2.05, 4.69) is 13.0 Å². The van der Waals surface area contributed by atoms with Crippen molar-refractivity contribution in [1.82, 2.24) is 0 Å². The van der Waals surface area contributed by atoms with Gasteiger partial charge in [-0.1, -0.05) is 60.2 Å². The molecule has 25 heavy (non-hydrogen) atoms. The van der Waals surface area contributed by atoms with Crippen molar-refractivity contribution in [3.05, 3.63) is 71.3 Å². The third-order valence-corrected chi connectivity index (χ3v) is 4.27. The lowest BCUT2D eigenvalue weighted by molar-refractivity contribution is 0.216. The SMILES string of the molecule is Cc1ccc(OCCOc2ccc3ccccc3c2C(N)=S)c(C)c1. The number of fused-ring (bicyclic) bond motifs is 1. The summed E-state index contributed by atoms with van der Waals surface area (Å²) in [6.07, 6.45) is 0. The highest BCUT2D eigenvalue weighted by atomic mass is 32.1. The lowest BCUT2D eigenvalue weighted by Crippen LogP contribution is -2.15. The minimum Gasteiger partial charge on any atom is -0.490 e. The van der Waals surface area contributed by atoms with Crippen molar-refractivity contribution in [1.29, 1.82) is 0 Å². The zero-order valence-corrected chi connectivity index (χ0v) is 15.2. The first-order valence-corrected chi connectivity index (χ1v) is 8.61. The maximum absolute atomic E-state index is 5.93. The highest BCUT2D eigenvalue weighted by Crippen LogP contribution is 2.28. The Morgan fingerprint density at radius 1 is 0.920 bits per heavy atom. The molecule has 4 heteroatoms. The van der Waals surface area contributed by atoms with Gasteiger partial charge in [-0.15, -0.1) is 0 Å². The quantitative estimate of drug-likeness (QED) is 0.523. The highest BCUT2D eigenvalue weighted by Gasteiger charge is 2.11. The number of hydrogen-bond acceptors (Lipinski definition) is 3. The average molecular weight is 351 g/mol. The van der Waals surface area contributed by atoms with Gasteiger partial charge in [0.05, 0.1) is 5.56 Å². The molecule has 3 aromatic rings. The fraction of sp³-hybridized carbons (Fsp3) is 0.190. The molecule has 0 radical (unpaired) electrons. The minimum absolute atomic E-state index is 0.335. The summed E-state index contributed by atoms with van der Waals surface area (Å²) in [5, 5.41) is 2.09. The molecule has 2 N–H and O–H groups in total. The van der Waals surface area contributed by atoms with Crippen LogP contribution in [-0.2, 0) is 0 Å². The molecule has 0 atom stereocenters. The van der Waals surface area contributed by atoms with E-state index in [1.807, 2.05) is 55.5 Å². The molecule has 0 unspecified atom stereocenters. The fourth-order valence-corrected chi connectivity index (χ4v) is 3.10. The van der Waals surface area contributed by atoms with Crippen molar-refractivity contribution in [3.8, 4) is 11.5 Å². The molecule has 0 aromatic heterocycles. The van der Waals surface area contributed by atoms with Crippen LogP contribution in [0.3, 0.4) is 0 Å². The monoisotopic (exact) mass is 351 g/mol. The third kappa shape index (κ3) is 3.91. The number of rotatable bonds is 6. The van der Waals surface area contributed by atoms with E-state index in [-0.39, 0.29) is 0 Å². The summed E-state index contributed by atoms with van der Waals surface area (Å²) in [4.78, 5) is 0.335. The van der Waals surface area contributed by atoms with Gasteiger partial charge in [-0.25, -0.2) is 0 Å². The Morgan fingerprint density at radius 3 is 2.32 bits per heavy atom. The Kier molecular flexibility index (Phi) is 5.19. The molecule has 0 aliphatic heterocycles. The maximum atomic E-state index is 5.93. The van der Waals surface area contributed by atoms with Crippen molar-refractivity contribution in [2.45, 2.75) is 13.8 Å². The number of hydrogen-bond donors (Lipinski definition) is 1. The smallest absolute Gasteiger partial charge is 0.130 e. The van der Waals surface area contributed by atoms with E-state index in [9.17, 15) is 0 Å². The first kappa shape index (κ1) is 17.2. The van der Waals surface area contributed by atoms with Gasteiger partial charge in [0.25, 0.3) is 0 Å². The van der Waals surface area contributed by atoms with Crippen LogP contribution in [0.1, 0.15) is 16.7 Å². The van der Waals surface area contributed by atoms with E-state index in [0.29, 0.717) is 24.0 Å². The summed E-state index contributed by atoms with van der Waals surface area (Å²) < 4.78 is 11.7. The molecular formula is C21H21NO2S. The van der Waals surface area contributed by atoms with Gasteiger partial charge in [-0.05, 0) is 42.3 Å². The molecular weight excluding hydrogens is 330 g/mol. The second-order valence-corrected chi connectivity index (χ2v) is 6.43. The zero-order chi connectivity index (χ0) is 17.8. The molecule has 0 aliphatic rings. The predicted molar refractivity (Wildman–Crippen MR) is 107 cm³/mol. The van der Waals surface area contributed by atoms with E-state index in [1.165, 1.54) is 5.56 Å². The van der Waals surface area contributed by atoms with Gasteiger partial charge in [-0.2, -0.15) is 0 Å². The summed E-state index contributed by atoms with van der Waals surface area (Å²) in [6.45, 7) is 4.98. The predicted octanol–water partition coefficient (Wildman–Crippen LogP) is 4.55. The van der Waals surface area contributed by atoms with Crippen LogP contribution in [0.2, 0.25) is 0 Å². The van der Waals surface area contributed by atoms with Crippen molar-refractivity contribution in [3.63, 3.8) is 0 Å². The standard InChI is InChI=1S/C21H21NO2S/c1-14-7-9-18(15(2)13-14)23-11-12-24-19-10-8-16-5-3-4-6-17(16)20(19)21(22)25/h3-10,13H,11-12H2,1-2H3,(H2,22,25).